The second kappa shape index (κ2) is 7.63. The third kappa shape index (κ3) is 3.68. The molecular formula is C17H17N3O2S2. The van der Waals surface area contributed by atoms with E-state index in [1.54, 1.807) is 23.1 Å². The van der Waals surface area contributed by atoms with E-state index < -0.39 is 12.0 Å². The summed E-state index contributed by atoms with van der Waals surface area (Å²) in [5.41, 5.74) is 0.799. The van der Waals surface area contributed by atoms with Crippen LogP contribution in [0.3, 0.4) is 0 Å². The lowest BCUT2D eigenvalue weighted by Gasteiger charge is -2.16. The highest BCUT2D eigenvalue weighted by Crippen LogP contribution is 2.28. The summed E-state index contributed by atoms with van der Waals surface area (Å²) >= 11 is 3.19. The molecule has 7 heteroatoms. The molecule has 3 aromatic rings. The van der Waals surface area contributed by atoms with E-state index in [0.29, 0.717) is 18.1 Å². The molecule has 2 aromatic heterocycles. The SMILES string of the molecule is CSCCC(Nc1nc(-c2cccs2)nc2ccccc12)C(=O)O. The van der Waals surface area contributed by atoms with Gasteiger partial charge in [0.2, 0.25) is 0 Å². The molecule has 1 atom stereocenters. The number of benzene rings is 1. The quantitative estimate of drug-likeness (QED) is 0.665. The lowest BCUT2D eigenvalue weighted by Crippen LogP contribution is -2.30. The first-order valence-corrected chi connectivity index (χ1v) is 9.75. The topological polar surface area (TPSA) is 75.1 Å². The smallest absolute Gasteiger partial charge is 0.326 e. The summed E-state index contributed by atoms with van der Waals surface area (Å²) in [6.45, 7) is 0. The van der Waals surface area contributed by atoms with Crippen molar-refractivity contribution in [3.05, 3.63) is 41.8 Å². The highest BCUT2D eigenvalue weighted by atomic mass is 32.2. The molecule has 3 rings (SSSR count). The van der Waals surface area contributed by atoms with E-state index in [4.69, 9.17) is 0 Å². The maximum absolute atomic E-state index is 11.5. The Morgan fingerprint density at radius 3 is 2.83 bits per heavy atom. The van der Waals surface area contributed by atoms with Crippen LogP contribution in [0.5, 0.6) is 0 Å². The van der Waals surface area contributed by atoms with Crippen LogP contribution in [0.4, 0.5) is 5.82 Å². The number of hydrogen-bond donors (Lipinski definition) is 2. The number of carboxylic acid groups (broad SMARTS) is 1. The first-order chi connectivity index (χ1) is 11.7. The Kier molecular flexibility index (Phi) is 5.32. The van der Waals surface area contributed by atoms with Crippen molar-refractivity contribution in [1.82, 2.24) is 9.97 Å². The average Bonchev–Trinajstić information content (AvgIpc) is 3.12. The highest BCUT2D eigenvalue weighted by Gasteiger charge is 2.19. The van der Waals surface area contributed by atoms with E-state index >= 15 is 0 Å². The molecule has 0 bridgehead atoms. The van der Waals surface area contributed by atoms with Crippen molar-refractivity contribution < 1.29 is 9.90 Å². The summed E-state index contributed by atoms with van der Waals surface area (Å²) in [6, 6.07) is 10.9. The Morgan fingerprint density at radius 2 is 2.12 bits per heavy atom. The Labute approximate surface area is 148 Å². The predicted octanol–water partition coefficient (Wildman–Crippen LogP) is 3.98. The van der Waals surface area contributed by atoms with Crippen molar-refractivity contribution in [2.75, 3.05) is 17.3 Å². The van der Waals surface area contributed by atoms with Gasteiger partial charge >= 0.3 is 5.97 Å². The molecule has 5 nitrogen and oxygen atoms in total. The zero-order valence-electron chi connectivity index (χ0n) is 13.1. The number of rotatable bonds is 7. The summed E-state index contributed by atoms with van der Waals surface area (Å²) < 4.78 is 0. The Hall–Kier alpha value is -2.12. The van der Waals surface area contributed by atoms with Gasteiger partial charge in [-0.1, -0.05) is 18.2 Å². The molecule has 0 aliphatic carbocycles. The van der Waals surface area contributed by atoms with Crippen molar-refractivity contribution in [1.29, 1.82) is 0 Å². The minimum absolute atomic E-state index is 0.531. The van der Waals surface area contributed by atoms with Crippen LogP contribution in [0.15, 0.2) is 41.8 Å². The van der Waals surface area contributed by atoms with Gasteiger partial charge in [-0.05, 0) is 42.0 Å². The maximum Gasteiger partial charge on any atom is 0.326 e. The largest absolute Gasteiger partial charge is 0.480 e. The molecule has 0 radical (unpaired) electrons. The van der Waals surface area contributed by atoms with Gasteiger partial charge in [0.15, 0.2) is 5.82 Å². The zero-order chi connectivity index (χ0) is 16.9. The number of aliphatic carboxylic acids is 1. The first-order valence-electron chi connectivity index (χ1n) is 7.48. The lowest BCUT2D eigenvalue weighted by atomic mass is 10.2. The van der Waals surface area contributed by atoms with Crippen molar-refractivity contribution in [2.24, 2.45) is 0 Å². The molecule has 0 saturated carbocycles. The summed E-state index contributed by atoms with van der Waals surface area (Å²) in [7, 11) is 0. The van der Waals surface area contributed by atoms with Crippen LogP contribution in [0.1, 0.15) is 6.42 Å². The number of thiophene rings is 1. The highest BCUT2D eigenvalue weighted by molar-refractivity contribution is 7.98. The summed E-state index contributed by atoms with van der Waals surface area (Å²) in [4.78, 5) is 21.7. The van der Waals surface area contributed by atoms with E-state index in [2.05, 4.69) is 15.3 Å². The third-order valence-electron chi connectivity index (χ3n) is 3.56. The van der Waals surface area contributed by atoms with E-state index in [0.717, 1.165) is 21.5 Å². The molecular weight excluding hydrogens is 342 g/mol. The molecule has 0 aliphatic heterocycles. The monoisotopic (exact) mass is 359 g/mol. The van der Waals surface area contributed by atoms with Crippen molar-refractivity contribution in [2.45, 2.75) is 12.5 Å². The third-order valence-corrected chi connectivity index (χ3v) is 5.07. The zero-order valence-corrected chi connectivity index (χ0v) is 14.7. The number of anilines is 1. The Morgan fingerprint density at radius 1 is 1.29 bits per heavy atom. The first kappa shape index (κ1) is 16.7. The number of carboxylic acids is 1. The average molecular weight is 359 g/mol. The van der Waals surface area contributed by atoms with Gasteiger partial charge in [-0.15, -0.1) is 11.3 Å². The Balaban J connectivity index is 2.03. The molecule has 0 spiro atoms. The second-order valence-electron chi connectivity index (χ2n) is 5.21. The number of nitrogens with one attached hydrogen (secondary N) is 1. The molecule has 124 valence electrons. The number of para-hydroxylation sites is 1. The van der Waals surface area contributed by atoms with Crippen LogP contribution in [0, 0.1) is 0 Å². The van der Waals surface area contributed by atoms with Gasteiger partial charge in [0.25, 0.3) is 0 Å². The molecule has 0 fully saturated rings. The molecule has 0 amide bonds. The van der Waals surface area contributed by atoms with E-state index in [1.807, 2.05) is 48.0 Å². The molecule has 2 heterocycles. The van der Waals surface area contributed by atoms with Crippen LogP contribution in [0.2, 0.25) is 0 Å². The van der Waals surface area contributed by atoms with Gasteiger partial charge < -0.3 is 10.4 Å². The summed E-state index contributed by atoms with van der Waals surface area (Å²) in [6.07, 6.45) is 2.50. The van der Waals surface area contributed by atoms with Crippen LogP contribution in [0.25, 0.3) is 21.6 Å². The van der Waals surface area contributed by atoms with Crippen LogP contribution >= 0.6 is 23.1 Å². The number of aromatic nitrogens is 2. The fourth-order valence-electron chi connectivity index (χ4n) is 2.36. The van der Waals surface area contributed by atoms with E-state index in [1.165, 1.54) is 0 Å². The van der Waals surface area contributed by atoms with Gasteiger partial charge in [0.1, 0.15) is 11.9 Å². The molecule has 0 aliphatic rings. The molecule has 2 N–H and O–H groups in total. The summed E-state index contributed by atoms with van der Waals surface area (Å²) in [5.74, 6) is 1.08. The van der Waals surface area contributed by atoms with Crippen LogP contribution < -0.4 is 5.32 Å². The normalized spacial score (nSPS) is 12.2. The molecule has 1 unspecified atom stereocenters. The lowest BCUT2D eigenvalue weighted by molar-refractivity contribution is -0.137. The minimum Gasteiger partial charge on any atom is -0.480 e. The van der Waals surface area contributed by atoms with Gasteiger partial charge in [-0.25, -0.2) is 14.8 Å². The van der Waals surface area contributed by atoms with Gasteiger partial charge in [-0.2, -0.15) is 11.8 Å². The number of thioether (sulfide) groups is 1. The van der Waals surface area contributed by atoms with Crippen molar-refractivity contribution in [3.63, 3.8) is 0 Å². The molecule has 1 aromatic carbocycles. The second-order valence-corrected chi connectivity index (χ2v) is 7.14. The number of hydrogen-bond acceptors (Lipinski definition) is 6. The summed E-state index contributed by atoms with van der Waals surface area (Å²) in [5, 5.41) is 15.4. The number of nitrogens with zero attached hydrogens (tertiary/aromatic N) is 2. The van der Waals surface area contributed by atoms with E-state index in [9.17, 15) is 9.90 Å². The fourth-order valence-corrected chi connectivity index (χ4v) is 3.49. The molecule has 24 heavy (non-hydrogen) atoms. The number of fused-ring (bicyclic) bond motifs is 1. The fraction of sp³-hybridized carbons (Fsp3) is 0.235. The minimum atomic E-state index is -0.871. The van der Waals surface area contributed by atoms with Crippen molar-refractivity contribution in [3.8, 4) is 10.7 Å². The predicted molar refractivity (Wildman–Crippen MR) is 101 cm³/mol. The van der Waals surface area contributed by atoms with E-state index in [-0.39, 0.29) is 0 Å². The van der Waals surface area contributed by atoms with Crippen LogP contribution in [-0.4, -0.2) is 39.1 Å². The molecule has 0 saturated heterocycles. The number of carbonyl (C=O) groups is 1. The van der Waals surface area contributed by atoms with Gasteiger partial charge in [0, 0.05) is 5.39 Å². The van der Waals surface area contributed by atoms with Gasteiger partial charge in [-0.3, -0.25) is 0 Å². The van der Waals surface area contributed by atoms with Crippen molar-refractivity contribution >= 4 is 45.8 Å². The maximum atomic E-state index is 11.5. The Bertz CT molecular complexity index is 837. The van der Waals surface area contributed by atoms with Gasteiger partial charge in [0.05, 0.1) is 10.4 Å². The standard InChI is InChI=1S/C17H17N3O2S2/c1-23-10-8-13(17(21)22)19-15-11-5-2-3-6-12(11)18-16(20-15)14-7-4-9-24-14/h2-7,9,13H,8,10H2,1H3,(H,21,22)(H,18,19,20). The van der Waals surface area contributed by atoms with Crippen LogP contribution in [-0.2, 0) is 4.79 Å².